The summed E-state index contributed by atoms with van der Waals surface area (Å²) in [5, 5.41) is 2.64. The maximum Gasteiger partial charge on any atom is 0.243 e. The Labute approximate surface area is 166 Å². The quantitative estimate of drug-likeness (QED) is 0.811. The molecule has 6 nitrogen and oxygen atoms in total. The van der Waals surface area contributed by atoms with Crippen LogP contribution in [0.3, 0.4) is 0 Å². The van der Waals surface area contributed by atoms with Gasteiger partial charge in [-0.1, -0.05) is 42.5 Å². The molecule has 0 radical (unpaired) electrons. The first-order valence-corrected chi connectivity index (χ1v) is 10.7. The second-order valence-corrected chi connectivity index (χ2v) is 8.66. The molecule has 28 heavy (non-hydrogen) atoms. The summed E-state index contributed by atoms with van der Waals surface area (Å²) < 4.78 is 27.2. The Morgan fingerprint density at radius 1 is 1.00 bits per heavy atom. The lowest BCUT2D eigenvalue weighted by Gasteiger charge is -2.33. The van der Waals surface area contributed by atoms with Crippen molar-refractivity contribution in [2.45, 2.75) is 11.8 Å². The predicted molar refractivity (Wildman–Crippen MR) is 111 cm³/mol. The van der Waals surface area contributed by atoms with Crippen LogP contribution in [0, 0.1) is 0 Å². The maximum absolute atomic E-state index is 12.8. The Morgan fingerprint density at radius 3 is 2.25 bits per heavy atom. The molecule has 7 heteroatoms. The molecule has 0 unspecified atom stereocenters. The number of benzene rings is 2. The number of nitrogens with zero attached hydrogens (tertiary/aromatic N) is 2. The summed E-state index contributed by atoms with van der Waals surface area (Å²) in [4.78, 5) is 13.6. The van der Waals surface area contributed by atoms with E-state index in [2.05, 4.69) is 34.5 Å². The van der Waals surface area contributed by atoms with Gasteiger partial charge in [-0.25, -0.2) is 8.42 Å². The summed E-state index contributed by atoms with van der Waals surface area (Å²) >= 11 is 0. The molecule has 0 aromatic heterocycles. The van der Waals surface area contributed by atoms with Crippen molar-refractivity contribution in [3.63, 3.8) is 0 Å². The molecule has 0 bridgehead atoms. The Hall–Kier alpha value is -2.48. The van der Waals surface area contributed by atoms with E-state index in [4.69, 9.17) is 0 Å². The van der Waals surface area contributed by atoms with Crippen LogP contribution in [0.4, 0.5) is 5.69 Å². The highest BCUT2D eigenvalue weighted by atomic mass is 32.2. The first-order chi connectivity index (χ1) is 13.4. The number of piperazine rings is 1. The highest BCUT2D eigenvalue weighted by molar-refractivity contribution is 7.89. The smallest absolute Gasteiger partial charge is 0.243 e. The van der Waals surface area contributed by atoms with Crippen molar-refractivity contribution in [1.29, 1.82) is 0 Å². The third kappa shape index (κ3) is 5.28. The van der Waals surface area contributed by atoms with Gasteiger partial charge in [0.05, 0.1) is 4.90 Å². The molecule has 0 spiro atoms. The zero-order valence-corrected chi connectivity index (χ0v) is 16.7. The SMILES string of the molecule is CC(=O)Nc1ccc(S(=O)(=O)N2CCN(CC=Cc3ccccc3)CC2)cc1. The number of sulfonamides is 1. The van der Waals surface area contributed by atoms with Gasteiger partial charge in [0.15, 0.2) is 0 Å². The average molecular weight is 400 g/mol. The highest BCUT2D eigenvalue weighted by Crippen LogP contribution is 2.20. The van der Waals surface area contributed by atoms with E-state index in [-0.39, 0.29) is 10.8 Å². The topological polar surface area (TPSA) is 69.7 Å². The number of nitrogens with one attached hydrogen (secondary N) is 1. The van der Waals surface area contributed by atoms with Crippen molar-refractivity contribution in [2.24, 2.45) is 0 Å². The van der Waals surface area contributed by atoms with Gasteiger partial charge >= 0.3 is 0 Å². The zero-order chi connectivity index (χ0) is 20.0. The number of carbonyl (C=O) groups excluding carboxylic acids is 1. The molecule has 0 atom stereocenters. The first-order valence-electron chi connectivity index (χ1n) is 9.27. The molecule has 1 aliphatic heterocycles. The molecule has 1 heterocycles. The van der Waals surface area contributed by atoms with Gasteiger partial charge in [0.2, 0.25) is 15.9 Å². The van der Waals surface area contributed by atoms with E-state index in [1.54, 1.807) is 12.1 Å². The Balaban J connectivity index is 1.54. The molecule has 1 amide bonds. The highest BCUT2D eigenvalue weighted by Gasteiger charge is 2.28. The minimum atomic E-state index is -3.52. The third-order valence-corrected chi connectivity index (χ3v) is 6.53. The molecule has 2 aromatic rings. The summed E-state index contributed by atoms with van der Waals surface area (Å²) in [6.07, 6.45) is 4.19. The lowest BCUT2D eigenvalue weighted by molar-refractivity contribution is -0.114. The molecule has 148 valence electrons. The molecule has 1 saturated heterocycles. The fourth-order valence-electron chi connectivity index (χ4n) is 3.12. The average Bonchev–Trinajstić information content (AvgIpc) is 2.69. The van der Waals surface area contributed by atoms with Gasteiger partial charge in [0, 0.05) is 45.3 Å². The van der Waals surface area contributed by atoms with E-state index in [9.17, 15) is 13.2 Å². The van der Waals surface area contributed by atoms with Crippen LogP contribution in [0.2, 0.25) is 0 Å². The van der Waals surface area contributed by atoms with Crippen LogP contribution in [0.5, 0.6) is 0 Å². The zero-order valence-electron chi connectivity index (χ0n) is 15.9. The lowest BCUT2D eigenvalue weighted by Crippen LogP contribution is -2.48. The van der Waals surface area contributed by atoms with E-state index >= 15 is 0 Å². The van der Waals surface area contributed by atoms with Gasteiger partial charge in [-0.2, -0.15) is 4.31 Å². The van der Waals surface area contributed by atoms with Gasteiger partial charge in [-0.15, -0.1) is 0 Å². The molecular weight excluding hydrogens is 374 g/mol. The molecule has 0 aliphatic carbocycles. The monoisotopic (exact) mass is 399 g/mol. The van der Waals surface area contributed by atoms with Crippen molar-refractivity contribution in [2.75, 3.05) is 38.0 Å². The van der Waals surface area contributed by atoms with Crippen molar-refractivity contribution in [3.05, 3.63) is 66.2 Å². The standard InChI is InChI=1S/C21H25N3O3S/c1-18(25)22-20-9-11-21(12-10-20)28(26,27)24-16-14-23(15-17-24)13-5-8-19-6-3-2-4-7-19/h2-12H,13-17H2,1H3,(H,22,25). The van der Waals surface area contributed by atoms with Crippen LogP contribution in [0.15, 0.2) is 65.6 Å². The van der Waals surface area contributed by atoms with Crippen molar-refractivity contribution in [3.8, 4) is 0 Å². The van der Waals surface area contributed by atoms with Crippen LogP contribution in [0.25, 0.3) is 6.08 Å². The van der Waals surface area contributed by atoms with E-state index in [0.717, 1.165) is 12.1 Å². The number of carbonyl (C=O) groups is 1. The van der Waals surface area contributed by atoms with Gasteiger partial charge in [0.1, 0.15) is 0 Å². The van der Waals surface area contributed by atoms with Crippen molar-refractivity contribution >= 4 is 27.7 Å². The van der Waals surface area contributed by atoms with Gasteiger partial charge < -0.3 is 5.32 Å². The largest absolute Gasteiger partial charge is 0.326 e. The Morgan fingerprint density at radius 2 is 1.64 bits per heavy atom. The van der Waals surface area contributed by atoms with Crippen LogP contribution >= 0.6 is 0 Å². The minimum Gasteiger partial charge on any atom is -0.326 e. The number of anilines is 1. The maximum atomic E-state index is 12.8. The third-order valence-electron chi connectivity index (χ3n) is 4.62. The minimum absolute atomic E-state index is 0.187. The fourth-order valence-corrected chi connectivity index (χ4v) is 4.54. The van der Waals surface area contributed by atoms with Gasteiger partial charge in [-0.3, -0.25) is 9.69 Å². The second-order valence-electron chi connectivity index (χ2n) is 6.72. The Kier molecular flexibility index (Phi) is 6.61. The van der Waals surface area contributed by atoms with Crippen molar-refractivity contribution < 1.29 is 13.2 Å². The van der Waals surface area contributed by atoms with Crippen LogP contribution in [-0.4, -0.2) is 56.3 Å². The summed E-state index contributed by atoms with van der Waals surface area (Å²) in [7, 11) is -3.52. The second kappa shape index (κ2) is 9.14. The van der Waals surface area contributed by atoms with E-state index in [0.29, 0.717) is 31.9 Å². The lowest BCUT2D eigenvalue weighted by atomic mass is 10.2. The normalized spacial score (nSPS) is 16.3. The molecular formula is C21H25N3O3S. The van der Waals surface area contributed by atoms with Crippen LogP contribution < -0.4 is 5.32 Å². The van der Waals surface area contributed by atoms with E-state index in [1.165, 1.54) is 23.4 Å². The summed E-state index contributed by atoms with van der Waals surface area (Å²) in [6.45, 7) is 4.54. The molecule has 1 fully saturated rings. The molecule has 3 rings (SSSR count). The van der Waals surface area contributed by atoms with Gasteiger partial charge in [-0.05, 0) is 29.8 Å². The van der Waals surface area contributed by atoms with Gasteiger partial charge in [0.25, 0.3) is 0 Å². The molecule has 1 N–H and O–H groups in total. The number of hydrogen-bond acceptors (Lipinski definition) is 4. The van der Waals surface area contributed by atoms with Crippen LogP contribution in [-0.2, 0) is 14.8 Å². The Bertz CT molecular complexity index is 917. The fraction of sp³-hybridized carbons (Fsp3) is 0.286. The summed E-state index contributed by atoms with van der Waals surface area (Å²) in [5.41, 5.74) is 1.74. The van der Waals surface area contributed by atoms with Crippen LogP contribution in [0.1, 0.15) is 12.5 Å². The molecule has 0 saturated carbocycles. The predicted octanol–water partition coefficient (Wildman–Crippen LogP) is 2.66. The summed E-state index contributed by atoms with van der Waals surface area (Å²) in [6, 6.07) is 16.4. The molecule has 2 aromatic carbocycles. The van der Waals surface area contributed by atoms with E-state index < -0.39 is 10.0 Å². The first kappa shape index (κ1) is 20.3. The number of hydrogen-bond donors (Lipinski definition) is 1. The molecule has 1 aliphatic rings. The van der Waals surface area contributed by atoms with Crippen molar-refractivity contribution in [1.82, 2.24) is 9.21 Å². The number of rotatable bonds is 6. The number of amides is 1. The summed E-state index contributed by atoms with van der Waals surface area (Å²) in [5.74, 6) is -0.187. The van der Waals surface area contributed by atoms with E-state index in [1.807, 2.05) is 18.2 Å².